The SMILES string of the molecule is CCOC(=O)/C(C#N)=C1\CCCN1CC(=O)N=CN(C)C. The Kier molecular flexibility index (Phi) is 6.40. The summed E-state index contributed by atoms with van der Waals surface area (Å²) < 4.78 is 4.87. The molecule has 0 spiro atoms. The first kappa shape index (κ1) is 16.7. The van der Waals surface area contributed by atoms with E-state index in [1.165, 1.54) is 6.34 Å². The molecule has 0 unspecified atom stereocenters. The molecule has 0 N–H and O–H groups in total. The highest BCUT2D eigenvalue weighted by Crippen LogP contribution is 2.24. The number of amides is 1. The van der Waals surface area contributed by atoms with Gasteiger partial charge >= 0.3 is 5.97 Å². The van der Waals surface area contributed by atoms with Crippen molar-refractivity contribution in [3.05, 3.63) is 11.3 Å². The zero-order valence-electron chi connectivity index (χ0n) is 12.6. The number of likely N-dealkylation sites (tertiary alicyclic amines) is 1. The van der Waals surface area contributed by atoms with E-state index in [9.17, 15) is 9.59 Å². The van der Waals surface area contributed by atoms with Gasteiger partial charge in [0.1, 0.15) is 6.07 Å². The average Bonchev–Trinajstić information content (AvgIpc) is 2.86. The molecule has 1 amide bonds. The molecular formula is C14H20N4O3. The second-order valence-electron chi connectivity index (χ2n) is 4.78. The van der Waals surface area contributed by atoms with Gasteiger partial charge in [0, 0.05) is 26.3 Å². The van der Waals surface area contributed by atoms with Gasteiger partial charge < -0.3 is 14.5 Å². The number of hydrogen-bond acceptors (Lipinski definition) is 5. The molecular weight excluding hydrogens is 272 g/mol. The van der Waals surface area contributed by atoms with Crippen LogP contribution in [-0.4, -0.2) is 61.8 Å². The molecule has 7 heteroatoms. The third-order valence-corrected chi connectivity index (χ3v) is 2.86. The molecule has 21 heavy (non-hydrogen) atoms. The summed E-state index contributed by atoms with van der Waals surface area (Å²) in [6.45, 7) is 2.58. The number of nitrogens with zero attached hydrogens (tertiary/aromatic N) is 4. The third kappa shape index (κ3) is 4.91. The van der Waals surface area contributed by atoms with Crippen molar-refractivity contribution in [2.45, 2.75) is 19.8 Å². The summed E-state index contributed by atoms with van der Waals surface area (Å²) in [4.78, 5) is 30.7. The lowest BCUT2D eigenvalue weighted by atomic mass is 10.2. The molecule has 1 rings (SSSR count). The van der Waals surface area contributed by atoms with Gasteiger partial charge in [-0.1, -0.05) is 0 Å². The number of ether oxygens (including phenoxy) is 1. The van der Waals surface area contributed by atoms with E-state index < -0.39 is 5.97 Å². The van der Waals surface area contributed by atoms with Crippen LogP contribution in [0.5, 0.6) is 0 Å². The van der Waals surface area contributed by atoms with E-state index >= 15 is 0 Å². The van der Waals surface area contributed by atoms with Gasteiger partial charge in [-0.3, -0.25) is 4.79 Å². The number of carbonyl (C=O) groups is 2. The van der Waals surface area contributed by atoms with E-state index in [1.807, 2.05) is 6.07 Å². The molecule has 0 aromatic heterocycles. The molecule has 0 aromatic carbocycles. The second kappa shape index (κ2) is 8.04. The maximum Gasteiger partial charge on any atom is 0.350 e. The van der Waals surface area contributed by atoms with E-state index in [1.54, 1.807) is 30.8 Å². The standard InChI is InChI=1S/C14H20N4O3/c1-4-21-14(20)11(8-15)12-6-5-7-18(12)9-13(19)16-10-17(2)3/h10H,4-7,9H2,1-3H3/b12-11+,16-10?. The van der Waals surface area contributed by atoms with Crippen LogP contribution in [-0.2, 0) is 14.3 Å². The zero-order chi connectivity index (χ0) is 15.8. The van der Waals surface area contributed by atoms with E-state index in [2.05, 4.69) is 4.99 Å². The van der Waals surface area contributed by atoms with Gasteiger partial charge in [-0.15, -0.1) is 0 Å². The molecule has 114 valence electrons. The van der Waals surface area contributed by atoms with Crippen LogP contribution in [0.3, 0.4) is 0 Å². The second-order valence-corrected chi connectivity index (χ2v) is 4.78. The average molecular weight is 292 g/mol. The van der Waals surface area contributed by atoms with Gasteiger partial charge in [-0.25, -0.2) is 9.79 Å². The molecule has 1 saturated heterocycles. The molecule has 0 atom stereocenters. The van der Waals surface area contributed by atoms with Crippen molar-refractivity contribution in [3.63, 3.8) is 0 Å². The van der Waals surface area contributed by atoms with E-state index in [-0.39, 0.29) is 24.6 Å². The number of rotatable bonds is 5. The molecule has 0 aliphatic carbocycles. The Morgan fingerprint density at radius 3 is 2.81 bits per heavy atom. The van der Waals surface area contributed by atoms with Crippen LogP contribution in [0.4, 0.5) is 0 Å². The lowest BCUT2D eigenvalue weighted by Crippen LogP contribution is -2.27. The van der Waals surface area contributed by atoms with Crippen LogP contribution in [0.25, 0.3) is 0 Å². The minimum absolute atomic E-state index is 0.0151. The van der Waals surface area contributed by atoms with Crippen LogP contribution < -0.4 is 0 Å². The highest BCUT2D eigenvalue weighted by Gasteiger charge is 2.26. The molecule has 1 heterocycles. The van der Waals surface area contributed by atoms with Crippen molar-refractivity contribution >= 4 is 18.2 Å². The Labute approximate surface area is 124 Å². The molecule has 0 aromatic rings. The summed E-state index contributed by atoms with van der Waals surface area (Å²) in [5.74, 6) is -0.949. The van der Waals surface area contributed by atoms with Crippen molar-refractivity contribution < 1.29 is 14.3 Å². The lowest BCUT2D eigenvalue weighted by molar-refractivity contribution is -0.138. The summed E-state index contributed by atoms with van der Waals surface area (Å²) >= 11 is 0. The third-order valence-electron chi connectivity index (χ3n) is 2.86. The maximum atomic E-state index is 11.8. The Balaban J connectivity index is 2.85. The minimum Gasteiger partial charge on any atom is -0.462 e. The predicted octanol–water partition coefficient (Wildman–Crippen LogP) is 0.539. The number of hydrogen-bond donors (Lipinski definition) is 0. The molecule has 1 fully saturated rings. The highest BCUT2D eigenvalue weighted by atomic mass is 16.5. The Morgan fingerprint density at radius 1 is 1.52 bits per heavy atom. The largest absolute Gasteiger partial charge is 0.462 e. The summed E-state index contributed by atoms with van der Waals surface area (Å²) in [6, 6.07) is 1.89. The molecule has 1 aliphatic heterocycles. The van der Waals surface area contributed by atoms with Crippen LogP contribution >= 0.6 is 0 Å². The lowest BCUT2D eigenvalue weighted by Gasteiger charge is -2.18. The van der Waals surface area contributed by atoms with Crippen LogP contribution in [0.2, 0.25) is 0 Å². The van der Waals surface area contributed by atoms with Gasteiger partial charge in [0.05, 0.1) is 19.5 Å². The monoisotopic (exact) mass is 292 g/mol. The number of allylic oxidation sites excluding steroid dienone is 1. The fraction of sp³-hybridized carbons (Fsp3) is 0.571. The van der Waals surface area contributed by atoms with Crippen molar-refractivity contribution in [3.8, 4) is 6.07 Å². The molecule has 1 aliphatic rings. The first-order valence-corrected chi connectivity index (χ1v) is 6.78. The molecule has 0 radical (unpaired) electrons. The smallest absolute Gasteiger partial charge is 0.350 e. The first-order chi connectivity index (χ1) is 9.99. The maximum absolute atomic E-state index is 11.8. The van der Waals surface area contributed by atoms with E-state index in [0.717, 1.165) is 6.42 Å². The van der Waals surface area contributed by atoms with E-state index in [4.69, 9.17) is 10.00 Å². The van der Waals surface area contributed by atoms with Gasteiger partial charge in [-0.2, -0.15) is 5.26 Å². The van der Waals surface area contributed by atoms with Gasteiger partial charge in [0.25, 0.3) is 5.91 Å². The van der Waals surface area contributed by atoms with Crippen molar-refractivity contribution in [1.82, 2.24) is 9.80 Å². The summed E-state index contributed by atoms with van der Waals surface area (Å²) in [5.41, 5.74) is 0.558. The number of aliphatic imine (C=N–C) groups is 1. The van der Waals surface area contributed by atoms with Crippen molar-refractivity contribution in [1.29, 1.82) is 5.26 Å². The summed E-state index contributed by atoms with van der Waals surface area (Å²) in [7, 11) is 3.54. The number of carbonyl (C=O) groups excluding carboxylic acids is 2. The van der Waals surface area contributed by atoms with Crippen LogP contribution in [0, 0.1) is 11.3 Å². The van der Waals surface area contributed by atoms with Gasteiger partial charge in [0.2, 0.25) is 0 Å². The fourth-order valence-electron chi connectivity index (χ4n) is 2.00. The predicted molar refractivity (Wildman–Crippen MR) is 77.3 cm³/mol. The summed E-state index contributed by atoms with van der Waals surface area (Å²) in [5, 5.41) is 9.15. The highest BCUT2D eigenvalue weighted by molar-refractivity contribution is 5.94. The Hall–Kier alpha value is -2.36. The van der Waals surface area contributed by atoms with Crippen LogP contribution in [0.1, 0.15) is 19.8 Å². The topological polar surface area (TPSA) is 86.0 Å². The first-order valence-electron chi connectivity index (χ1n) is 6.78. The van der Waals surface area contributed by atoms with E-state index in [0.29, 0.717) is 18.7 Å². The summed E-state index contributed by atoms with van der Waals surface area (Å²) in [6.07, 6.45) is 2.81. The molecule has 7 nitrogen and oxygen atoms in total. The number of nitriles is 1. The van der Waals surface area contributed by atoms with Gasteiger partial charge in [-0.05, 0) is 19.8 Å². The van der Waals surface area contributed by atoms with Gasteiger partial charge in [0.15, 0.2) is 5.57 Å². The minimum atomic E-state index is -0.633. The molecule has 0 saturated carbocycles. The zero-order valence-corrected chi connectivity index (χ0v) is 12.6. The quantitative estimate of drug-likeness (QED) is 0.242. The fourth-order valence-corrected chi connectivity index (χ4v) is 2.00. The Morgan fingerprint density at radius 2 is 2.24 bits per heavy atom. The van der Waals surface area contributed by atoms with Crippen LogP contribution in [0.15, 0.2) is 16.3 Å². The number of esters is 1. The van der Waals surface area contributed by atoms with Crippen molar-refractivity contribution in [2.24, 2.45) is 4.99 Å². The van der Waals surface area contributed by atoms with Crippen molar-refractivity contribution in [2.75, 3.05) is 33.8 Å². The normalized spacial score (nSPS) is 16.8. The Bertz CT molecular complexity index is 503. The molecule has 0 bridgehead atoms.